The van der Waals surface area contributed by atoms with Gasteiger partial charge in [0.25, 0.3) is 0 Å². The van der Waals surface area contributed by atoms with Crippen molar-refractivity contribution in [2.24, 2.45) is 5.10 Å². The Morgan fingerprint density at radius 1 is 0.811 bits per heavy atom. The van der Waals surface area contributed by atoms with E-state index in [4.69, 9.17) is 14.6 Å². The Bertz CT molecular complexity index is 1410. The van der Waals surface area contributed by atoms with Crippen molar-refractivity contribution >= 4 is 23.3 Å². The number of hydrazone groups is 1. The Morgan fingerprint density at radius 2 is 1.43 bits per heavy atom. The molecule has 1 heterocycles. The summed E-state index contributed by atoms with van der Waals surface area (Å²) in [6.45, 7) is 0. The highest BCUT2D eigenvalue weighted by Crippen LogP contribution is 2.37. The number of carbonyl (C=O) groups excluding carboxylic acids is 1. The molecule has 0 unspecified atom stereocenters. The number of benzene rings is 4. The third-order valence-electron chi connectivity index (χ3n) is 6.48. The summed E-state index contributed by atoms with van der Waals surface area (Å²) in [7, 11) is 3.28. The maximum absolute atomic E-state index is 12.5. The fourth-order valence-electron chi connectivity index (χ4n) is 4.40. The van der Waals surface area contributed by atoms with Gasteiger partial charge in [-0.25, -0.2) is 0 Å². The highest BCUT2D eigenvalue weighted by molar-refractivity contribution is 6.07. The van der Waals surface area contributed by atoms with Crippen LogP contribution in [0, 0.1) is 0 Å². The van der Waals surface area contributed by atoms with Crippen molar-refractivity contribution in [2.45, 2.75) is 12.5 Å². The quantitative estimate of drug-likeness (QED) is 0.199. The minimum absolute atomic E-state index is 0.0517. The Hall–Kier alpha value is -4.64. The first-order chi connectivity index (χ1) is 18.1. The molecule has 5 rings (SSSR count). The maximum atomic E-state index is 12.5. The van der Waals surface area contributed by atoms with Gasteiger partial charge in [-0.3, -0.25) is 9.80 Å². The molecule has 5 heteroatoms. The summed E-state index contributed by atoms with van der Waals surface area (Å²) in [4.78, 5) is 12.5. The van der Waals surface area contributed by atoms with Gasteiger partial charge in [0, 0.05) is 12.0 Å². The van der Waals surface area contributed by atoms with Gasteiger partial charge >= 0.3 is 0 Å². The summed E-state index contributed by atoms with van der Waals surface area (Å²) in [5, 5.41) is 7.11. The van der Waals surface area contributed by atoms with E-state index in [0.717, 1.165) is 40.4 Å². The minimum atomic E-state index is -0.0517. The van der Waals surface area contributed by atoms with Crippen LogP contribution in [0.15, 0.2) is 114 Å². The fraction of sp³-hybridized carbons (Fsp3) is 0.125. The molecule has 0 fully saturated rings. The molecule has 5 nitrogen and oxygen atoms in total. The van der Waals surface area contributed by atoms with Gasteiger partial charge in [-0.1, -0.05) is 48.5 Å². The Kier molecular flexibility index (Phi) is 7.13. The molecule has 0 amide bonds. The highest BCUT2D eigenvalue weighted by atomic mass is 16.5. The van der Waals surface area contributed by atoms with Crippen molar-refractivity contribution in [2.75, 3.05) is 19.2 Å². The first kappa shape index (κ1) is 24.1. The second-order valence-electron chi connectivity index (χ2n) is 8.77. The van der Waals surface area contributed by atoms with Crippen LogP contribution < -0.4 is 14.5 Å². The highest BCUT2D eigenvalue weighted by Gasteiger charge is 2.29. The zero-order valence-electron chi connectivity index (χ0n) is 20.9. The van der Waals surface area contributed by atoms with Crippen molar-refractivity contribution in [3.05, 3.63) is 131 Å². The molecule has 184 valence electrons. The monoisotopic (exact) mass is 488 g/mol. The van der Waals surface area contributed by atoms with E-state index in [1.807, 2.05) is 48.5 Å². The van der Waals surface area contributed by atoms with E-state index < -0.39 is 0 Å². The number of hydrogen-bond donors (Lipinski definition) is 0. The molecule has 0 spiro atoms. The van der Waals surface area contributed by atoms with E-state index in [9.17, 15) is 4.79 Å². The standard InChI is InChI=1S/C32H28N2O3/c1-36-28-17-11-24(12-18-28)30-22-31(25-6-4-3-5-7-25)34(33-30)27-15-8-23(9-16-27)10-21-32(35)26-13-19-29(37-2)20-14-26/h3-21,31H,22H2,1-2H3/b21-10+/t31-/m1/s1. The molecular formula is C32H28N2O3. The maximum Gasteiger partial charge on any atom is 0.185 e. The molecule has 1 atom stereocenters. The van der Waals surface area contributed by atoms with Crippen LogP contribution in [0.3, 0.4) is 0 Å². The average Bonchev–Trinajstić information content (AvgIpc) is 3.42. The van der Waals surface area contributed by atoms with Gasteiger partial charge in [-0.15, -0.1) is 0 Å². The number of anilines is 1. The lowest BCUT2D eigenvalue weighted by Gasteiger charge is -2.24. The lowest BCUT2D eigenvalue weighted by Crippen LogP contribution is -2.18. The average molecular weight is 489 g/mol. The van der Waals surface area contributed by atoms with Crippen molar-refractivity contribution in [1.29, 1.82) is 0 Å². The molecule has 1 aliphatic rings. The number of ketones is 1. The lowest BCUT2D eigenvalue weighted by molar-refractivity contribution is 0.104. The van der Waals surface area contributed by atoms with Crippen LogP contribution in [0.1, 0.15) is 39.5 Å². The van der Waals surface area contributed by atoms with E-state index in [0.29, 0.717) is 5.56 Å². The summed E-state index contributed by atoms with van der Waals surface area (Å²) in [6.07, 6.45) is 4.23. The number of carbonyl (C=O) groups is 1. The van der Waals surface area contributed by atoms with Crippen molar-refractivity contribution < 1.29 is 14.3 Å². The molecule has 4 aromatic rings. The van der Waals surface area contributed by atoms with Gasteiger partial charge in [-0.2, -0.15) is 5.10 Å². The van der Waals surface area contributed by atoms with E-state index in [1.54, 1.807) is 44.6 Å². The zero-order valence-corrected chi connectivity index (χ0v) is 20.9. The molecule has 0 saturated heterocycles. The zero-order chi connectivity index (χ0) is 25.6. The van der Waals surface area contributed by atoms with Gasteiger partial charge in [0.2, 0.25) is 0 Å². The first-order valence-electron chi connectivity index (χ1n) is 12.2. The van der Waals surface area contributed by atoms with Gasteiger partial charge in [-0.05, 0) is 83.4 Å². The third-order valence-corrected chi connectivity index (χ3v) is 6.48. The molecule has 0 aliphatic carbocycles. The molecule has 0 saturated carbocycles. The van der Waals surface area contributed by atoms with E-state index in [-0.39, 0.29) is 11.8 Å². The molecule has 0 N–H and O–H groups in total. The molecule has 0 bridgehead atoms. The fourth-order valence-corrected chi connectivity index (χ4v) is 4.40. The number of allylic oxidation sites excluding steroid dienone is 1. The second kappa shape index (κ2) is 11.0. The number of hydrogen-bond acceptors (Lipinski definition) is 5. The third kappa shape index (κ3) is 5.46. The number of rotatable bonds is 8. The van der Waals surface area contributed by atoms with Crippen molar-refractivity contribution in [3.63, 3.8) is 0 Å². The van der Waals surface area contributed by atoms with Gasteiger partial charge in [0.05, 0.1) is 31.7 Å². The van der Waals surface area contributed by atoms with Crippen molar-refractivity contribution in [1.82, 2.24) is 0 Å². The largest absolute Gasteiger partial charge is 0.497 e. The van der Waals surface area contributed by atoms with E-state index in [2.05, 4.69) is 41.4 Å². The smallest absolute Gasteiger partial charge is 0.185 e. The SMILES string of the molecule is COc1ccc(C(=O)/C=C/c2ccc(N3N=C(c4ccc(OC)cc4)C[C@@H]3c3ccccc3)cc2)cc1. The molecule has 1 aliphatic heterocycles. The molecule has 0 radical (unpaired) electrons. The molecule has 37 heavy (non-hydrogen) atoms. The Morgan fingerprint density at radius 3 is 2.05 bits per heavy atom. The van der Waals surface area contributed by atoms with Crippen LogP contribution in [-0.4, -0.2) is 25.7 Å². The lowest BCUT2D eigenvalue weighted by atomic mass is 9.98. The molecule has 4 aromatic carbocycles. The van der Waals surface area contributed by atoms with Crippen LogP contribution in [0.2, 0.25) is 0 Å². The van der Waals surface area contributed by atoms with Crippen LogP contribution in [0.25, 0.3) is 6.08 Å². The van der Waals surface area contributed by atoms with Crippen molar-refractivity contribution in [3.8, 4) is 11.5 Å². The topological polar surface area (TPSA) is 51.1 Å². The first-order valence-corrected chi connectivity index (χ1v) is 12.2. The summed E-state index contributed by atoms with van der Waals surface area (Å²) in [5.41, 5.74) is 5.89. The number of nitrogens with zero attached hydrogens (tertiary/aromatic N) is 2. The molecule has 0 aromatic heterocycles. The summed E-state index contributed by atoms with van der Waals surface area (Å²) < 4.78 is 10.5. The van der Waals surface area contributed by atoms with E-state index >= 15 is 0 Å². The molecular weight excluding hydrogens is 460 g/mol. The normalized spacial score (nSPS) is 15.0. The second-order valence-corrected chi connectivity index (χ2v) is 8.77. The minimum Gasteiger partial charge on any atom is -0.497 e. The van der Waals surface area contributed by atoms with Crippen LogP contribution in [0.5, 0.6) is 11.5 Å². The van der Waals surface area contributed by atoms with Crippen LogP contribution in [-0.2, 0) is 0 Å². The summed E-state index contributed by atoms with van der Waals surface area (Å²) in [6, 6.07) is 33.8. The number of methoxy groups -OCH3 is 2. The Labute approximate surface area is 217 Å². The van der Waals surface area contributed by atoms with Gasteiger partial charge in [0.15, 0.2) is 5.78 Å². The number of ether oxygens (including phenoxy) is 2. The predicted octanol–water partition coefficient (Wildman–Crippen LogP) is 6.96. The summed E-state index contributed by atoms with van der Waals surface area (Å²) in [5.74, 6) is 1.50. The van der Waals surface area contributed by atoms with Gasteiger partial charge in [0.1, 0.15) is 11.5 Å². The predicted molar refractivity (Wildman–Crippen MR) is 149 cm³/mol. The van der Waals surface area contributed by atoms with Crippen LogP contribution >= 0.6 is 0 Å². The van der Waals surface area contributed by atoms with Crippen LogP contribution in [0.4, 0.5) is 5.69 Å². The van der Waals surface area contributed by atoms with E-state index in [1.165, 1.54) is 5.56 Å². The van der Waals surface area contributed by atoms with Gasteiger partial charge < -0.3 is 9.47 Å². The Balaban J connectivity index is 1.37. The summed E-state index contributed by atoms with van der Waals surface area (Å²) >= 11 is 0.